The van der Waals surface area contributed by atoms with Crippen LogP contribution in [0.15, 0.2) is 67.0 Å². The van der Waals surface area contributed by atoms with Gasteiger partial charge in [-0.1, -0.05) is 36.4 Å². The first kappa shape index (κ1) is 26.7. The van der Waals surface area contributed by atoms with Crippen molar-refractivity contribution in [1.82, 2.24) is 19.5 Å². The number of hydrogen-bond acceptors (Lipinski definition) is 10. The molecule has 3 heterocycles. The third-order valence-corrected chi connectivity index (χ3v) is 6.06. The molecular weight excluding hydrogens is 520 g/mol. The molecule has 0 saturated carbocycles. The van der Waals surface area contributed by atoms with Gasteiger partial charge in [-0.2, -0.15) is 9.97 Å². The van der Waals surface area contributed by atoms with E-state index in [-0.39, 0.29) is 36.0 Å². The van der Waals surface area contributed by atoms with Crippen LogP contribution < -0.4 is 15.0 Å². The summed E-state index contributed by atoms with van der Waals surface area (Å²) in [5.74, 6) is -1.26. The van der Waals surface area contributed by atoms with Gasteiger partial charge in [-0.3, -0.25) is 19.5 Å². The molecule has 1 aliphatic heterocycles. The maximum atomic E-state index is 13.6. The standard InChI is InChI=1S/C27H26N6O7/c1-16(35)29-26-30-24-23(28-15-32(24)22-13-20(38-17(2)36)21(14-34)39-22)25(31-26)40-27(37)33(18-9-5-3-6-10-18)19-11-7-4-8-12-19/h3-12,15,20-22,34H,13-14H2,1-2H3,(H,29,30,31,35). The fourth-order valence-electron chi connectivity index (χ4n) is 4.40. The number of nitrogens with zero attached hydrogens (tertiary/aromatic N) is 5. The van der Waals surface area contributed by atoms with Gasteiger partial charge in [0.2, 0.25) is 11.9 Å². The van der Waals surface area contributed by atoms with Crippen molar-refractivity contribution in [3.05, 3.63) is 67.0 Å². The number of ether oxygens (including phenoxy) is 3. The number of esters is 1. The number of imidazole rings is 1. The summed E-state index contributed by atoms with van der Waals surface area (Å²) in [6.45, 7) is 2.19. The predicted octanol–water partition coefficient (Wildman–Crippen LogP) is 3.33. The second kappa shape index (κ2) is 11.5. The number of para-hydroxylation sites is 2. The van der Waals surface area contributed by atoms with Gasteiger partial charge >= 0.3 is 12.1 Å². The average Bonchev–Trinajstić information content (AvgIpc) is 3.53. The molecule has 0 aliphatic carbocycles. The number of nitrogens with one attached hydrogen (secondary N) is 1. The molecule has 2 N–H and O–H groups in total. The Morgan fingerprint density at radius 2 is 1.70 bits per heavy atom. The van der Waals surface area contributed by atoms with Crippen LogP contribution in [0.25, 0.3) is 11.2 Å². The summed E-state index contributed by atoms with van der Waals surface area (Å²) in [4.78, 5) is 51.3. The summed E-state index contributed by atoms with van der Waals surface area (Å²) in [6, 6.07) is 17.9. The minimum atomic E-state index is -0.770. The number of aromatic nitrogens is 4. The number of aliphatic hydroxyl groups is 1. The van der Waals surface area contributed by atoms with E-state index in [1.165, 1.54) is 29.6 Å². The third-order valence-electron chi connectivity index (χ3n) is 6.06. The lowest BCUT2D eigenvalue weighted by molar-refractivity contribution is -0.150. The molecular formula is C27H26N6O7. The Balaban J connectivity index is 1.53. The van der Waals surface area contributed by atoms with Gasteiger partial charge in [0, 0.05) is 20.3 Å². The number of aliphatic hydroxyl groups excluding tert-OH is 1. The third kappa shape index (κ3) is 5.60. The Kier molecular flexibility index (Phi) is 7.66. The lowest BCUT2D eigenvalue weighted by Crippen LogP contribution is -2.29. The van der Waals surface area contributed by atoms with Crippen LogP contribution in [-0.2, 0) is 19.1 Å². The van der Waals surface area contributed by atoms with Crippen LogP contribution in [0.2, 0.25) is 0 Å². The van der Waals surface area contributed by atoms with Crippen molar-refractivity contribution in [2.75, 3.05) is 16.8 Å². The molecule has 2 aromatic heterocycles. The Morgan fingerprint density at radius 3 is 2.27 bits per heavy atom. The van der Waals surface area contributed by atoms with Crippen molar-refractivity contribution >= 4 is 46.5 Å². The molecule has 4 aromatic rings. The fourth-order valence-corrected chi connectivity index (χ4v) is 4.40. The van der Waals surface area contributed by atoms with E-state index in [4.69, 9.17) is 14.2 Å². The smallest absolute Gasteiger partial charge is 0.425 e. The van der Waals surface area contributed by atoms with Crippen molar-refractivity contribution in [2.45, 2.75) is 38.7 Å². The Hall–Kier alpha value is -4.88. The first-order chi connectivity index (χ1) is 19.3. The lowest BCUT2D eigenvalue weighted by atomic mass is 10.2. The normalized spacial score (nSPS) is 18.3. The highest BCUT2D eigenvalue weighted by Crippen LogP contribution is 2.35. The van der Waals surface area contributed by atoms with E-state index in [0.717, 1.165) is 0 Å². The van der Waals surface area contributed by atoms with Crippen LogP contribution in [0.1, 0.15) is 26.5 Å². The molecule has 5 rings (SSSR count). The van der Waals surface area contributed by atoms with Crippen molar-refractivity contribution in [3.8, 4) is 5.88 Å². The summed E-state index contributed by atoms with van der Waals surface area (Å²) in [5.41, 5.74) is 1.44. The summed E-state index contributed by atoms with van der Waals surface area (Å²) in [6.07, 6.45) is -1.32. The molecule has 3 unspecified atom stereocenters. The van der Waals surface area contributed by atoms with Crippen LogP contribution >= 0.6 is 0 Å². The number of carbonyl (C=O) groups is 3. The van der Waals surface area contributed by atoms with Gasteiger partial charge in [-0.25, -0.2) is 14.7 Å². The number of rotatable bonds is 7. The molecule has 13 nitrogen and oxygen atoms in total. The maximum Gasteiger partial charge on any atom is 0.425 e. The molecule has 206 valence electrons. The van der Waals surface area contributed by atoms with Gasteiger partial charge in [-0.05, 0) is 24.3 Å². The highest BCUT2D eigenvalue weighted by atomic mass is 16.6. The number of carbonyl (C=O) groups excluding carboxylic acids is 3. The van der Waals surface area contributed by atoms with Gasteiger partial charge in [0.15, 0.2) is 11.2 Å². The Labute approximate surface area is 228 Å². The molecule has 13 heteroatoms. The molecule has 0 radical (unpaired) electrons. The average molecular weight is 547 g/mol. The Bertz CT molecular complexity index is 1490. The van der Waals surface area contributed by atoms with E-state index < -0.39 is 36.4 Å². The molecule has 2 aromatic carbocycles. The summed E-state index contributed by atoms with van der Waals surface area (Å²) >= 11 is 0. The zero-order chi connectivity index (χ0) is 28.2. The first-order valence-electron chi connectivity index (χ1n) is 12.4. The molecule has 40 heavy (non-hydrogen) atoms. The number of hydrogen-bond donors (Lipinski definition) is 2. The van der Waals surface area contributed by atoms with E-state index in [1.54, 1.807) is 48.5 Å². The topological polar surface area (TPSA) is 158 Å². The van der Waals surface area contributed by atoms with E-state index in [2.05, 4.69) is 20.3 Å². The molecule has 0 bridgehead atoms. The summed E-state index contributed by atoms with van der Waals surface area (Å²) in [5, 5.41) is 12.2. The number of fused-ring (bicyclic) bond motifs is 1. The van der Waals surface area contributed by atoms with Gasteiger partial charge in [0.1, 0.15) is 18.4 Å². The zero-order valence-corrected chi connectivity index (χ0v) is 21.6. The van der Waals surface area contributed by atoms with Crippen molar-refractivity contribution in [2.24, 2.45) is 0 Å². The van der Waals surface area contributed by atoms with Crippen LogP contribution in [-0.4, -0.2) is 61.4 Å². The lowest BCUT2D eigenvalue weighted by Gasteiger charge is -2.22. The van der Waals surface area contributed by atoms with Gasteiger partial charge in [0.25, 0.3) is 5.88 Å². The molecule has 3 atom stereocenters. The van der Waals surface area contributed by atoms with Crippen LogP contribution in [0.5, 0.6) is 5.88 Å². The largest absolute Gasteiger partial charge is 0.460 e. The zero-order valence-electron chi connectivity index (χ0n) is 21.6. The quantitative estimate of drug-likeness (QED) is 0.329. The fraction of sp³-hybridized carbons (Fsp3) is 0.259. The monoisotopic (exact) mass is 546 g/mol. The highest BCUT2D eigenvalue weighted by Gasteiger charge is 2.39. The molecule has 1 aliphatic rings. The summed E-state index contributed by atoms with van der Waals surface area (Å²) < 4.78 is 18.5. The van der Waals surface area contributed by atoms with Crippen LogP contribution in [0.4, 0.5) is 22.1 Å². The Morgan fingerprint density at radius 1 is 1.05 bits per heavy atom. The maximum absolute atomic E-state index is 13.6. The van der Waals surface area contributed by atoms with E-state index in [1.807, 2.05) is 12.1 Å². The van der Waals surface area contributed by atoms with Crippen LogP contribution in [0, 0.1) is 0 Å². The first-order valence-corrected chi connectivity index (χ1v) is 12.4. The second-order valence-electron chi connectivity index (χ2n) is 8.93. The minimum absolute atomic E-state index is 0.122. The van der Waals surface area contributed by atoms with Gasteiger partial charge in [-0.15, -0.1) is 0 Å². The molecule has 2 amide bonds. The van der Waals surface area contributed by atoms with Crippen molar-refractivity contribution in [3.63, 3.8) is 0 Å². The van der Waals surface area contributed by atoms with Crippen molar-refractivity contribution < 1.29 is 33.7 Å². The molecule has 1 saturated heterocycles. The molecule has 0 spiro atoms. The van der Waals surface area contributed by atoms with E-state index in [9.17, 15) is 19.5 Å². The van der Waals surface area contributed by atoms with E-state index in [0.29, 0.717) is 11.4 Å². The summed E-state index contributed by atoms with van der Waals surface area (Å²) in [7, 11) is 0. The van der Waals surface area contributed by atoms with E-state index >= 15 is 0 Å². The highest BCUT2D eigenvalue weighted by molar-refractivity contribution is 5.98. The second-order valence-corrected chi connectivity index (χ2v) is 8.93. The predicted molar refractivity (Wildman–Crippen MR) is 142 cm³/mol. The van der Waals surface area contributed by atoms with Gasteiger partial charge in [0.05, 0.1) is 24.3 Å². The number of anilines is 3. The van der Waals surface area contributed by atoms with Gasteiger partial charge < -0.3 is 19.3 Å². The number of benzene rings is 2. The van der Waals surface area contributed by atoms with Crippen molar-refractivity contribution in [1.29, 1.82) is 0 Å². The van der Waals surface area contributed by atoms with Crippen LogP contribution in [0.3, 0.4) is 0 Å². The SMILES string of the molecule is CC(=O)Nc1nc(OC(=O)N(c2ccccc2)c2ccccc2)c2ncn(C3CC(OC(C)=O)C(CO)O3)c2n1. The molecule has 1 fully saturated rings. The number of amides is 2. The minimum Gasteiger partial charge on any atom is -0.460 e.